The number of methoxy groups -OCH3 is 1. The molecule has 0 radical (unpaired) electrons. The first kappa shape index (κ1) is 13.1. The number of ether oxygens (including phenoxy) is 1. The SMILES string of the molecule is CCCNCc1nnc(CC(C)(C)OC)o1. The Hall–Kier alpha value is -0.940. The Morgan fingerprint density at radius 2 is 2.00 bits per heavy atom. The zero-order valence-electron chi connectivity index (χ0n) is 10.5. The fourth-order valence-corrected chi connectivity index (χ4v) is 1.24. The highest BCUT2D eigenvalue weighted by Gasteiger charge is 2.20. The van der Waals surface area contributed by atoms with Gasteiger partial charge in [-0.2, -0.15) is 0 Å². The third kappa shape index (κ3) is 4.28. The van der Waals surface area contributed by atoms with Gasteiger partial charge in [-0.25, -0.2) is 0 Å². The Kier molecular flexibility index (Phi) is 4.89. The van der Waals surface area contributed by atoms with Crippen LogP contribution in [0.2, 0.25) is 0 Å². The maximum atomic E-state index is 5.50. The van der Waals surface area contributed by atoms with Crippen LogP contribution in [0.15, 0.2) is 4.42 Å². The number of nitrogens with zero attached hydrogens (tertiary/aromatic N) is 2. The van der Waals surface area contributed by atoms with Gasteiger partial charge >= 0.3 is 0 Å². The van der Waals surface area contributed by atoms with Crippen LogP contribution >= 0.6 is 0 Å². The quantitative estimate of drug-likeness (QED) is 0.716. The molecule has 1 N–H and O–H groups in total. The number of aromatic nitrogens is 2. The minimum atomic E-state index is -0.263. The highest BCUT2D eigenvalue weighted by Crippen LogP contribution is 2.14. The van der Waals surface area contributed by atoms with E-state index in [1.165, 1.54) is 0 Å². The third-order valence-electron chi connectivity index (χ3n) is 2.34. The molecule has 16 heavy (non-hydrogen) atoms. The van der Waals surface area contributed by atoms with Crippen LogP contribution in [0, 0.1) is 0 Å². The van der Waals surface area contributed by atoms with E-state index in [-0.39, 0.29) is 5.60 Å². The van der Waals surface area contributed by atoms with Crippen molar-refractivity contribution in [1.29, 1.82) is 0 Å². The van der Waals surface area contributed by atoms with Crippen LogP contribution < -0.4 is 5.32 Å². The lowest BCUT2D eigenvalue weighted by Crippen LogP contribution is -2.25. The summed E-state index contributed by atoms with van der Waals surface area (Å²) in [5.41, 5.74) is -0.263. The first-order valence-electron chi connectivity index (χ1n) is 5.64. The number of rotatable bonds is 7. The van der Waals surface area contributed by atoms with Gasteiger partial charge in [0.15, 0.2) is 0 Å². The molecule has 0 amide bonds. The molecule has 0 spiro atoms. The van der Waals surface area contributed by atoms with E-state index < -0.39 is 0 Å². The van der Waals surface area contributed by atoms with E-state index in [4.69, 9.17) is 9.15 Å². The summed E-state index contributed by atoms with van der Waals surface area (Å²) >= 11 is 0. The molecule has 0 saturated heterocycles. The van der Waals surface area contributed by atoms with E-state index in [1.807, 2.05) is 13.8 Å². The standard InChI is InChI=1S/C11H21N3O2/c1-5-6-12-8-10-14-13-9(16-10)7-11(2,3)15-4/h12H,5-8H2,1-4H3. The van der Waals surface area contributed by atoms with E-state index in [1.54, 1.807) is 7.11 Å². The highest BCUT2D eigenvalue weighted by atomic mass is 16.5. The molecule has 0 saturated carbocycles. The molecule has 0 fully saturated rings. The zero-order valence-corrected chi connectivity index (χ0v) is 10.5. The fourth-order valence-electron chi connectivity index (χ4n) is 1.24. The molecule has 1 heterocycles. The van der Waals surface area contributed by atoms with E-state index >= 15 is 0 Å². The molecular weight excluding hydrogens is 206 g/mol. The van der Waals surface area contributed by atoms with Crippen LogP contribution in [0.3, 0.4) is 0 Å². The van der Waals surface area contributed by atoms with Crippen molar-refractivity contribution in [3.63, 3.8) is 0 Å². The largest absolute Gasteiger partial charge is 0.424 e. The minimum absolute atomic E-state index is 0.263. The second-order valence-electron chi connectivity index (χ2n) is 4.41. The van der Waals surface area contributed by atoms with E-state index in [0.717, 1.165) is 13.0 Å². The smallest absolute Gasteiger partial charge is 0.230 e. The predicted molar refractivity (Wildman–Crippen MR) is 61.1 cm³/mol. The summed E-state index contributed by atoms with van der Waals surface area (Å²) in [7, 11) is 1.68. The van der Waals surface area contributed by atoms with Crippen LogP contribution in [0.25, 0.3) is 0 Å². The Morgan fingerprint density at radius 3 is 2.62 bits per heavy atom. The summed E-state index contributed by atoms with van der Waals surface area (Å²) in [5.74, 6) is 1.26. The van der Waals surface area contributed by atoms with Crippen LogP contribution in [0.5, 0.6) is 0 Å². The molecule has 0 atom stereocenters. The first-order valence-corrected chi connectivity index (χ1v) is 5.64. The van der Waals surface area contributed by atoms with Gasteiger partial charge in [0.25, 0.3) is 0 Å². The van der Waals surface area contributed by atoms with Gasteiger partial charge in [0, 0.05) is 7.11 Å². The van der Waals surface area contributed by atoms with Crippen LogP contribution in [0.1, 0.15) is 39.0 Å². The normalized spacial score (nSPS) is 12.0. The van der Waals surface area contributed by atoms with Gasteiger partial charge in [-0.05, 0) is 26.8 Å². The lowest BCUT2D eigenvalue weighted by molar-refractivity contribution is 0.0179. The summed E-state index contributed by atoms with van der Waals surface area (Å²) in [5, 5.41) is 11.2. The molecule has 0 aliphatic heterocycles. The number of hydrogen-bond acceptors (Lipinski definition) is 5. The lowest BCUT2D eigenvalue weighted by atomic mass is 10.1. The fraction of sp³-hybridized carbons (Fsp3) is 0.818. The molecule has 0 aliphatic carbocycles. The molecule has 0 bridgehead atoms. The second kappa shape index (κ2) is 5.96. The molecule has 1 rings (SSSR count). The van der Waals surface area contributed by atoms with Crippen LogP contribution in [0.4, 0.5) is 0 Å². The monoisotopic (exact) mass is 227 g/mol. The zero-order chi connectivity index (χ0) is 12.0. The van der Waals surface area contributed by atoms with E-state index in [0.29, 0.717) is 24.7 Å². The lowest BCUT2D eigenvalue weighted by Gasteiger charge is -2.20. The van der Waals surface area contributed by atoms with E-state index in [2.05, 4.69) is 22.4 Å². The summed E-state index contributed by atoms with van der Waals surface area (Å²) in [6, 6.07) is 0. The van der Waals surface area contributed by atoms with Gasteiger partial charge < -0.3 is 14.5 Å². The summed E-state index contributed by atoms with van der Waals surface area (Å²) in [4.78, 5) is 0. The van der Waals surface area contributed by atoms with Gasteiger partial charge in [0.1, 0.15) is 0 Å². The molecule has 0 aromatic carbocycles. The van der Waals surface area contributed by atoms with Crippen molar-refractivity contribution in [3.8, 4) is 0 Å². The maximum absolute atomic E-state index is 5.50. The molecule has 1 aromatic heterocycles. The van der Waals surface area contributed by atoms with Crippen molar-refractivity contribution < 1.29 is 9.15 Å². The summed E-state index contributed by atoms with van der Waals surface area (Å²) in [6.45, 7) is 7.70. The summed E-state index contributed by atoms with van der Waals surface area (Å²) < 4.78 is 10.8. The Balaban J connectivity index is 2.45. The molecule has 92 valence electrons. The van der Waals surface area contributed by atoms with Crippen LogP contribution in [-0.2, 0) is 17.7 Å². The van der Waals surface area contributed by atoms with Crippen molar-refractivity contribution in [1.82, 2.24) is 15.5 Å². The molecule has 0 unspecified atom stereocenters. The molecule has 5 heteroatoms. The Morgan fingerprint density at radius 1 is 1.31 bits per heavy atom. The number of hydrogen-bond donors (Lipinski definition) is 1. The topological polar surface area (TPSA) is 60.2 Å². The average Bonchev–Trinajstić information content (AvgIpc) is 2.65. The van der Waals surface area contributed by atoms with Gasteiger partial charge in [-0.15, -0.1) is 10.2 Å². The van der Waals surface area contributed by atoms with Gasteiger partial charge in [0.2, 0.25) is 11.8 Å². The number of nitrogens with one attached hydrogen (secondary N) is 1. The minimum Gasteiger partial charge on any atom is -0.424 e. The Labute approximate surface area is 96.6 Å². The van der Waals surface area contributed by atoms with Crippen molar-refractivity contribution in [2.75, 3.05) is 13.7 Å². The van der Waals surface area contributed by atoms with Gasteiger partial charge in [-0.1, -0.05) is 6.92 Å². The van der Waals surface area contributed by atoms with E-state index in [9.17, 15) is 0 Å². The maximum Gasteiger partial charge on any atom is 0.230 e. The molecule has 1 aromatic rings. The van der Waals surface area contributed by atoms with Crippen molar-refractivity contribution in [2.24, 2.45) is 0 Å². The highest BCUT2D eigenvalue weighted by molar-refractivity contribution is 4.88. The van der Waals surface area contributed by atoms with Crippen LogP contribution in [-0.4, -0.2) is 29.5 Å². The van der Waals surface area contributed by atoms with Gasteiger partial charge in [0.05, 0.1) is 18.6 Å². The molecule has 0 aliphatic rings. The van der Waals surface area contributed by atoms with Gasteiger partial charge in [-0.3, -0.25) is 0 Å². The third-order valence-corrected chi connectivity index (χ3v) is 2.34. The first-order chi connectivity index (χ1) is 7.57. The Bertz CT molecular complexity index is 310. The summed E-state index contributed by atoms with van der Waals surface area (Å²) in [6.07, 6.45) is 1.72. The predicted octanol–water partition coefficient (Wildman–Crippen LogP) is 1.54. The molecule has 5 nitrogen and oxygen atoms in total. The molecular formula is C11H21N3O2. The van der Waals surface area contributed by atoms with Crippen molar-refractivity contribution in [2.45, 2.75) is 45.8 Å². The average molecular weight is 227 g/mol. The van der Waals surface area contributed by atoms with Crippen molar-refractivity contribution in [3.05, 3.63) is 11.8 Å². The second-order valence-corrected chi connectivity index (χ2v) is 4.41. The van der Waals surface area contributed by atoms with Crippen molar-refractivity contribution >= 4 is 0 Å².